The van der Waals surface area contributed by atoms with E-state index in [-0.39, 0.29) is 13.2 Å². The van der Waals surface area contributed by atoms with E-state index in [0.29, 0.717) is 12.2 Å². The van der Waals surface area contributed by atoms with Crippen LogP contribution < -0.4 is 0 Å². The van der Waals surface area contributed by atoms with Crippen LogP contribution >= 0.6 is 0 Å². The van der Waals surface area contributed by atoms with Crippen molar-refractivity contribution in [2.24, 2.45) is 0 Å². The maximum Gasteiger partial charge on any atom is 0.0662 e. The normalized spacial score (nSPS) is 14.3. The first-order chi connectivity index (χ1) is 6.12. The van der Waals surface area contributed by atoms with Crippen LogP contribution in [-0.4, -0.2) is 35.6 Å². The van der Waals surface area contributed by atoms with Crippen LogP contribution in [0.15, 0.2) is 0 Å². The van der Waals surface area contributed by atoms with Crippen LogP contribution in [0.3, 0.4) is 0 Å². The summed E-state index contributed by atoms with van der Waals surface area (Å²) in [5.41, 5.74) is 0. The van der Waals surface area contributed by atoms with Crippen molar-refractivity contribution < 1.29 is 14.9 Å². The molecule has 82 valence electrons. The maximum atomic E-state index is 7.62. The number of hydrogen-bond donors (Lipinski definition) is 2. The third kappa shape index (κ3) is 14.7. The largest absolute Gasteiger partial charge is 0.394 e. The molecule has 0 aliphatic carbocycles. The predicted octanol–water partition coefficient (Wildman–Crippen LogP) is 1.57. The van der Waals surface area contributed by atoms with Gasteiger partial charge in [-0.05, 0) is 26.7 Å². The van der Waals surface area contributed by atoms with Gasteiger partial charge < -0.3 is 14.9 Å². The molecule has 0 rings (SSSR count). The number of ether oxygens (including phenoxy) is 1. The fraction of sp³-hybridized carbons (Fsp3) is 1.00. The Labute approximate surface area is 81.7 Å². The van der Waals surface area contributed by atoms with E-state index in [4.69, 9.17) is 14.9 Å². The lowest BCUT2D eigenvalue weighted by atomic mass is 10.3. The minimum Gasteiger partial charge on any atom is -0.394 e. The number of aliphatic hydroxyl groups is 2. The zero-order valence-electron chi connectivity index (χ0n) is 9.29. The lowest BCUT2D eigenvalue weighted by molar-refractivity contribution is 0.00511. The summed E-state index contributed by atoms with van der Waals surface area (Å²) in [5, 5.41) is 15.2. The number of rotatable bonds is 5. The summed E-state index contributed by atoms with van der Waals surface area (Å²) < 4.78 is 5.55. The maximum absolute atomic E-state index is 7.62. The van der Waals surface area contributed by atoms with E-state index in [9.17, 15) is 0 Å². The van der Waals surface area contributed by atoms with E-state index in [0.717, 1.165) is 12.8 Å². The molecule has 0 fully saturated rings. The Hall–Kier alpha value is -0.120. The molecule has 0 aliphatic rings. The molecular formula is C10H24O3. The Bertz CT molecular complexity index is 76.2. The molecule has 0 aliphatic heterocycles. The molecule has 13 heavy (non-hydrogen) atoms. The molecule has 0 aromatic heterocycles. The second-order valence-corrected chi connectivity index (χ2v) is 3.02. The van der Waals surface area contributed by atoms with Crippen LogP contribution in [0.5, 0.6) is 0 Å². The van der Waals surface area contributed by atoms with Crippen LogP contribution in [0.2, 0.25) is 0 Å². The van der Waals surface area contributed by atoms with Crippen LogP contribution in [-0.2, 0) is 4.74 Å². The third-order valence-corrected chi connectivity index (χ3v) is 1.71. The molecule has 0 spiro atoms. The van der Waals surface area contributed by atoms with Crippen molar-refractivity contribution in [3.8, 4) is 0 Å². The molecule has 3 nitrogen and oxygen atoms in total. The Balaban J connectivity index is 0. The summed E-state index contributed by atoms with van der Waals surface area (Å²) in [6.45, 7) is 8.28. The van der Waals surface area contributed by atoms with Gasteiger partial charge in [-0.3, -0.25) is 0 Å². The summed E-state index contributed by atoms with van der Waals surface area (Å²) in [4.78, 5) is 0. The number of hydrogen-bond acceptors (Lipinski definition) is 3. The van der Waals surface area contributed by atoms with E-state index >= 15 is 0 Å². The van der Waals surface area contributed by atoms with Crippen LogP contribution in [0.4, 0.5) is 0 Å². The first-order valence-corrected chi connectivity index (χ1v) is 4.99. The monoisotopic (exact) mass is 192 g/mol. The van der Waals surface area contributed by atoms with E-state index in [2.05, 4.69) is 27.7 Å². The standard InChI is InChI=1S/C8H18O.C2H6O2/c1-5-7(3)9-8(4)6-2;3-1-2-4/h7-8H,5-6H2,1-4H3;3-4H,1-2H2. The van der Waals surface area contributed by atoms with Gasteiger partial charge in [0, 0.05) is 0 Å². The average molecular weight is 192 g/mol. The van der Waals surface area contributed by atoms with Gasteiger partial charge in [0.2, 0.25) is 0 Å². The molecule has 0 saturated heterocycles. The first-order valence-electron chi connectivity index (χ1n) is 4.99. The van der Waals surface area contributed by atoms with Gasteiger partial charge in [-0.25, -0.2) is 0 Å². The SMILES string of the molecule is CCC(C)OC(C)CC.OCCO. The van der Waals surface area contributed by atoms with E-state index in [1.165, 1.54) is 0 Å². The minimum atomic E-state index is -0.125. The lowest BCUT2D eigenvalue weighted by Crippen LogP contribution is -2.14. The Morgan fingerprint density at radius 1 is 0.923 bits per heavy atom. The quantitative estimate of drug-likeness (QED) is 0.695. The fourth-order valence-corrected chi connectivity index (χ4v) is 0.589. The zero-order valence-corrected chi connectivity index (χ0v) is 9.29. The molecule has 0 aromatic rings. The molecule has 2 atom stereocenters. The van der Waals surface area contributed by atoms with Crippen molar-refractivity contribution >= 4 is 0 Å². The predicted molar refractivity (Wildman–Crippen MR) is 54.8 cm³/mol. The lowest BCUT2D eigenvalue weighted by Gasteiger charge is -2.15. The van der Waals surface area contributed by atoms with Gasteiger partial charge in [0.05, 0.1) is 25.4 Å². The molecule has 2 unspecified atom stereocenters. The van der Waals surface area contributed by atoms with E-state index < -0.39 is 0 Å². The van der Waals surface area contributed by atoms with Crippen molar-refractivity contribution in [3.05, 3.63) is 0 Å². The van der Waals surface area contributed by atoms with E-state index in [1.54, 1.807) is 0 Å². The van der Waals surface area contributed by atoms with Gasteiger partial charge in [0.25, 0.3) is 0 Å². The van der Waals surface area contributed by atoms with Crippen molar-refractivity contribution in [1.82, 2.24) is 0 Å². The minimum absolute atomic E-state index is 0.125. The second kappa shape index (κ2) is 11.9. The highest BCUT2D eigenvalue weighted by Gasteiger charge is 2.02. The smallest absolute Gasteiger partial charge is 0.0662 e. The highest BCUT2D eigenvalue weighted by atomic mass is 16.5. The Morgan fingerprint density at radius 2 is 1.23 bits per heavy atom. The topological polar surface area (TPSA) is 49.7 Å². The van der Waals surface area contributed by atoms with Gasteiger partial charge in [0.1, 0.15) is 0 Å². The molecule has 0 bridgehead atoms. The average Bonchev–Trinajstić information content (AvgIpc) is 2.17. The fourth-order valence-electron chi connectivity index (χ4n) is 0.589. The summed E-state index contributed by atoms with van der Waals surface area (Å²) in [7, 11) is 0. The first kappa shape index (κ1) is 15.4. The number of aliphatic hydroxyl groups excluding tert-OH is 2. The van der Waals surface area contributed by atoms with Crippen LogP contribution in [0.25, 0.3) is 0 Å². The summed E-state index contributed by atoms with van der Waals surface area (Å²) in [6.07, 6.45) is 3.09. The molecule has 3 heteroatoms. The van der Waals surface area contributed by atoms with Crippen molar-refractivity contribution in [1.29, 1.82) is 0 Å². The highest BCUT2D eigenvalue weighted by molar-refractivity contribution is 4.50. The van der Waals surface area contributed by atoms with Gasteiger partial charge in [-0.2, -0.15) is 0 Å². The zero-order chi connectivity index (χ0) is 10.7. The molecule has 0 aromatic carbocycles. The summed E-state index contributed by atoms with van der Waals surface area (Å²) in [5.74, 6) is 0. The summed E-state index contributed by atoms with van der Waals surface area (Å²) >= 11 is 0. The third-order valence-electron chi connectivity index (χ3n) is 1.71. The van der Waals surface area contributed by atoms with Gasteiger partial charge in [-0.15, -0.1) is 0 Å². The van der Waals surface area contributed by atoms with Gasteiger partial charge in [-0.1, -0.05) is 13.8 Å². The molecule has 0 amide bonds. The molecular weight excluding hydrogens is 168 g/mol. The molecule has 0 heterocycles. The molecule has 2 N–H and O–H groups in total. The molecule has 0 radical (unpaired) electrons. The molecule has 0 saturated carbocycles. The Morgan fingerprint density at radius 3 is 1.38 bits per heavy atom. The van der Waals surface area contributed by atoms with Crippen molar-refractivity contribution in [2.75, 3.05) is 13.2 Å². The van der Waals surface area contributed by atoms with Gasteiger partial charge in [0.15, 0.2) is 0 Å². The van der Waals surface area contributed by atoms with E-state index in [1.807, 2.05) is 0 Å². The van der Waals surface area contributed by atoms with Crippen LogP contribution in [0, 0.1) is 0 Å². The highest BCUT2D eigenvalue weighted by Crippen LogP contribution is 2.03. The second-order valence-electron chi connectivity index (χ2n) is 3.02. The van der Waals surface area contributed by atoms with Crippen molar-refractivity contribution in [3.63, 3.8) is 0 Å². The van der Waals surface area contributed by atoms with Gasteiger partial charge >= 0.3 is 0 Å². The summed E-state index contributed by atoms with van der Waals surface area (Å²) in [6, 6.07) is 0. The Kier molecular flexibility index (Phi) is 14.0. The van der Waals surface area contributed by atoms with Crippen molar-refractivity contribution in [2.45, 2.75) is 52.7 Å². The van der Waals surface area contributed by atoms with Crippen LogP contribution in [0.1, 0.15) is 40.5 Å².